The Morgan fingerprint density at radius 2 is 2.17 bits per heavy atom. The molecular formula is C14H17ClN2S. The van der Waals surface area contributed by atoms with Gasteiger partial charge < -0.3 is 5.32 Å². The van der Waals surface area contributed by atoms with Crippen LogP contribution in [0.15, 0.2) is 29.6 Å². The number of rotatable bonds is 5. The zero-order valence-corrected chi connectivity index (χ0v) is 12.2. The van der Waals surface area contributed by atoms with Crippen LogP contribution in [0.25, 0.3) is 0 Å². The first-order valence-corrected chi connectivity index (χ1v) is 7.35. The summed E-state index contributed by atoms with van der Waals surface area (Å²) in [5, 5.41) is 7.54. The lowest BCUT2D eigenvalue weighted by atomic mass is 10.0. The van der Waals surface area contributed by atoms with Crippen molar-refractivity contribution in [3.05, 3.63) is 50.9 Å². The van der Waals surface area contributed by atoms with Crippen LogP contribution in [-0.4, -0.2) is 11.5 Å². The van der Waals surface area contributed by atoms with E-state index in [9.17, 15) is 0 Å². The Labute approximate surface area is 117 Å². The molecule has 4 heteroatoms. The zero-order chi connectivity index (χ0) is 13.0. The van der Waals surface area contributed by atoms with Crippen molar-refractivity contribution in [1.29, 1.82) is 0 Å². The number of thiazole rings is 1. The van der Waals surface area contributed by atoms with Crippen molar-refractivity contribution in [1.82, 2.24) is 10.3 Å². The highest BCUT2D eigenvalue weighted by Gasteiger charge is 2.15. The van der Waals surface area contributed by atoms with Gasteiger partial charge in [-0.3, -0.25) is 0 Å². The molecule has 1 unspecified atom stereocenters. The van der Waals surface area contributed by atoms with Crippen molar-refractivity contribution >= 4 is 22.9 Å². The van der Waals surface area contributed by atoms with Gasteiger partial charge in [0, 0.05) is 28.6 Å². The Morgan fingerprint density at radius 1 is 1.39 bits per heavy atom. The van der Waals surface area contributed by atoms with Gasteiger partial charge in [0.1, 0.15) is 0 Å². The standard InChI is InChI=1S/C14H17ClN2S/c1-3-16-13(8-14-17-10(2)9-18-14)11-6-4-5-7-12(11)15/h4-7,9,13,16H,3,8H2,1-2H3. The minimum absolute atomic E-state index is 0.231. The quantitative estimate of drug-likeness (QED) is 0.895. The summed E-state index contributed by atoms with van der Waals surface area (Å²) in [6.07, 6.45) is 0.885. The molecule has 1 atom stereocenters. The van der Waals surface area contributed by atoms with E-state index >= 15 is 0 Å². The maximum Gasteiger partial charge on any atom is 0.0947 e. The third-order valence-corrected chi connectivity index (χ3v) is 4.11. The summed E-state index contributed by atoms with van der Waals surface area (Å²) < 4.78 is 0. The maximum atomic E-state index is 6.27. The highest BCUT2D eigenvalue weighted by atomic mass is 35.5. The molecule has 0 saturated carbocycles. The van der Waals surface area contributed by atoms with Gasteiger partial charge in [-0.2, -0.15) is 0 Å². The number of likely N-dealkylation sites (N-methyl/N-ethyl adjacent to an activating group) is 1. The molecule has 1 heterocycles. The van der Waals surface area contributed by atoms with Crippen LogP contribution >= 0.6 is 22.9 Å². The number of hydrogen-bond donors (Lipinski definition) is 1. The van der Waals surface area contributed by atoms with E-state index < -0.39 is 0 Å². The van der Waals surface area contributed by atoms with Crippen molar-refractivity contribution in [2.45, 2.75) is 26.3 Å². The highest BCUT2D eigenvalue weighted by molar-refractivity contribution is 7.09. The van der Waals surface area contributed by atoms with Crippen LogP contribution in [-0.2, 0) is 6.42 Å². The zero-order valence-electron chi connectivity index (χ0n) is 10.6. The average Bonchev–Trinajstić information content (AvgIpc) is 2.75. The summed E-state index contributed by atoms with van der Waals surface area (Å²) in [6, 6.07) is 8.24. The molecule has 0 aliphatic heterocycles. The van der Waals surface area contributed by atoms with Gasteiger partial charge in [-0.25, -0.2) is 4.98 Å². The minimum atomic E-state index is 0.231. The van der Waals surface area contributed by atoms with E-state index in [0.717, 1.165) is 34.3 Å². The SMILES string of the molecule is CCNC(Cc1nc(C)cs1)c1ccccc1Cl. The van der Waals surface area contributed by atoms with E-state index in [1.54, 1.807) is 11.3 Å². The molecular weight excluding hydrogens is 264 g/mol. The Bertz CT molecular complexity index is 510. The fourth-order valence-corrected chi connectivity index (χ4v) is 3.05. The third kappa shape index (κ3) is 3.31. The smallest absolute Gasteiger partial charge is 0.0947 e. The topological polar surface area (TPSA) is 24.9 Å². The van der Waals surface area contributed by atoms with Gasteiger partial charge in [-0.1, -0.05) is 36.7 Å². The minimum Gasteiger partial charge on any atom is -0.310 e. The summed E-state index contributed by atoms with van der Waals surface area (Å²) in [4.78, 5) is 4.52. The predicted molar refractivity (Wildman–Crippen MR) is 78.4 cm³/mol. The monoisotopic (exact) mass is 280 g/mol. The Kier molecular flexibility index (Phi) is 4.75. The molecule has 0 aliphatic rings. The van der Waals surface area contributed by atoms with E-state index in [1.165, 1.54) is 0 Å². The number of nitrogens with one attached hydrogen (secondary N) is 1. The van der Waals surface area contributed by atoms with Gasteiger partial charge in [0.05, 0.1) is 5.01 Å². The number of hydrogen-bond acceptors (Lipinski definition) is 3. The van der Waals surface area contributed by atoms with E-state index in [-0.39, 0.29) is 6.04 Å². The fraction of sp³-hybridized carbons (Fsp3) is 0.357. The van der Waals surface area contributed by atoms with Crippen LogP contribution in [0.4, 0.5) is 0 Å². The molecule has 2 nitrogen and oxygen atoms in total. The molecule has 18 heavy (non-hydrogen) atoms. The summed E-state index contributed by atoms with van der Waals surface area (Å²) >= 11 is 7.98. The molecule has 1 N–H and O–H groups in total. The van der Waals surface area contributed by atoms with Crippen LogP contribution in [0.1, 0.15) is 29.2 Å². The van der Waals surface area contributed by atoms with Crippen molar-refractivity contribution in [3.8, 4) is 0 Å². The second kappa shape index (κ2) is 6.32. The molecule has 0 aliphatic carbocycles. The second-order valence-corrected chi connectivity index (χ2v) is 5.57. The second-order valence-electron chi connectivity index (χ2n) is 4.22. The van der Waals surface area contributed by atoms with E-state index in [0.29, 0.717) is 0 Å². The summed E-state index contributed by atoms with van der Waals surface area (Å²) in [7, 11) is 0. The van der Waals surface area contributed by atoms with Crippen molar-refractivity contribution in [3.63, 3.8) is 0 Å². The molecule has 0 fully saturated rings. The van der Waals surface area contributed by atoms with Gasteiger partial charge >= 0.3 is 0 Å². The Hall–Kier alpha value is -0.900. The number of benzene rings is 1. The van der Waals surface area contributed by atoms with Crippen molar-refractivity contribution in [2.75, 3.05) is 6.54 Å². The fourth-order valence-electron chi connectivity index (χ4n) is 1.97. The first-order chi connectivity index (χ1) is 8.70. The Balaban J connectivity index is 2.20. The number of aromatic nitrogens is 1. The van der Waals surface area contributed by atoms with Gasteiger partial charge in [-0.05, 0) is 25.1 Å². The maximum absolute atomic E-state index is 6.27. The Morgan fingerprint density at radius 3 is 2.78 bits per heavy atom. The van der Waals surface area contributed by atoms with E-state index in [1.807, 2.05) is 25.1 Å². The number of aryl methyl sites for hydroxylation is 1. The van der Waals surface area contributed by atoms with Crippen molar-refractivity contribution in [2.24, 2.45) is 0 Å². The van der Waals surface area contributed by atoms with Crippen LogP contribution in [0, 0.1) is 6.92 Å². The van der Waals surface area contributed by atoms with Crippen LogP contribution in [0.3, 0.4) is 0 Å². The number of nitrogens with zero attached hydrogens (tertiary/aromatic N) is 1. The van der Waals surface area contributed by atoms with Gasteiger partial charge in [0.25, 0.3) is 0 Å². The number of halogens is 1. The molecule has 1 aromatic heterocycles. The molecule has 0 bridgehead atoms. The summed E-state index contributed by atoms with van der Waals surface area (Å²) in [5.41, 5.74) is 2.23. The van der Waals surface area contributed by atoms with E-state index in [4.69, 9.17) is 11.6 Å². The van der Waals surface area contributed by atoms with Crippen LogP contribution in [0.2, 0.25) is 5.02 Å². The molecule has 2 aromatic rings. The lowest BCUT2D eigenvalue weighted by Gasteiger charge is -2.18. The largest absolute Gasteiger partial charge is 0.310 e. The van der Waals surface area contributed by atoms with Gasteiger partial charge in [0.15, 0.2) is 0 Å². The lowest BCUT2D eigenvalue weighted by Crippen LogP contribution is -2.23. The third-order valence-electron chi connectivity index (χ3n) is 2.78. The lowest BCUT2D eigenvalue weighted by molar-refractivity contribution is 0.548. The van der Waals surface area contributed by atoms with Crippen LogP contribution in [0.5, 0.6) is 0 Å². The van der Waals surface area contributed by atoms with E-state index in [2.05, 4.69) is 28.7 Å². The van der Waals surface area contributed by atoms with Gasteiger partial charge in [-0.15, -0.1) is 11.3 Å². The normalized spacial score (nSPS) is 12.6. The summed E-state index contributed by atoms with van der Waals surface area (Å²) in [5.74, 6) is 0. The van der Waals surface area contributed by atoms with Gasteiger partial charge in [0.2, 0.25) is 0 Å². The molecule has 0 spiro atoms. The molecule has 1 aromatic carbocycles. The predicted octanol–water partition coefficient (Wildman–Crippen LogP) is 4.00. The highest BCUT2D eigenvalue weighted by Crippen LogP contribution is 2.26. The van der Waals surface area contributed by atoms with Crippen LogP contribution < -0.4 is 5.32 Å². The first kappa shape index (κ1) is 13.5. The average molecular weight is 281 g/mol. The molecule has 0 radical (unpaired) electrons. The molecule has 0 saturated heterocycles. The molecule has 2 rings (SSSR count). The first-order valence-electron chi connectivity index (χ1n) is 6.09. The molecule has 0 amide bonds. The molecule has 96 valence electrons. The summed E-state index contributed by atoms with van der Waals surface area (Å²) in [6.45, 7) is 5.05. The van der Waals surface area contributed by atoms with Crippen molar-refractivity contribution < 1.29 is 0 Å².